The van der Waals surface area contributed by atoms with Crippen LogP contribution in [0.3, 0.4) is 0 Å². The van der Waals surface area contributed by atoms with Crippen LogP contribution in [0.25, 0.3) is 0 Å². The average Bonchev–Trinajstić information content (AvgIpc) is 2.61. The van der Waals surface area contributed by atoms with Crippen molar-refractivity contribution in [1.29, 1.82) is 0 Å². The summed E-state index contributed by atoms with van der Waals surface area (Å²) in [6.45, 7) is 6.91. The van der Waals surface area contributed by atoms with E-state index in [4.69, 9.17) is 16.4 Å². The van der Waals surface area contributed by atoms with Crippen LogP contribution in [0.2, 0.25) is 0 Å². The Morgan fingerprint density at radius 3 is 2.25 bits per heavy atom. The summed E-state index contributed by atoms with van der Waals surface area (Å²) < 4.78 is 3.86. The summed E-state index contributed by atoms with van der Waals surface area (Å²) >= 11 is 0. The van der Waals surface area contributed by atoms with Crippen molar-refractivity contribution >= 4 is 18.2 Å². The standard InChI is InChI=1S/C16H29N7O.C2H4O2/c1-16(2,3)13(19-4)15(24)21-20-10-11-6-8-12(9-7-11)14(17)22-23(5)18;1-4-2-3/h6-9,13,19-20H,10,18H2,1-5H3,(H2,17,22)(H,21,24);2H,1H3. The maximum absolute atomic E-state index is 12.2. The molecular weight excluding hydrogens is 362 g/mol. The minimum Gasteiger partial charge on any atom is -0.471 e. The number of hydrogen-bond acceptors (Lipinski definition) is 8. The number of nitrogens with zero attached hydrogens (tertiary/aromatic N) is 2. The molecule has 0 aliphatic rings. The Morgan fingerprint density at radius 2 is 1.86 bits per heavy atom. The number of hydrazone groups is 1. The lowest BCUT2D eigenvalue weighted by molar-refractivity contribution is -0.127. The molecule has 0 radical (unpaired) electrons. The highest BCUT2D eigenvalue weighted by atomic mass is 16.5. The van der Waals surface area contributed by atoms with Gasteiger partial charge in [-0.1, -0.05) is 45.0 Å². The van der Waals surface area contributed by atoms with Crippen LogP contribution in [0.15, 0.2) is 29.4 Å². The highest BCUT2D eigenvalue weighted by molar-refractivity contribution is 5.97. The SMILES string of the molecule is CNC(C(=O)NNCc1ccc(/C(N)=N/N(C)N)cc1)C(C)(C)C.COC=O. The molecule has 0 spiro atoms. The van der Waals surface area contributed by atoms with E-state index in [0.717, 1.165) is 16.2 Å². The number of hydrazine groups is 2. The molecule has 0 heterocycles. The first-order chi connectivity index (χ1) is 13.1. The van der Waals surface area contributed by atoms with E-state index in [1.165, 1.54) is 7.11 Å². The number of methoxy groups -OCH3 is 1. The molecule has 1 rings (SSSR count). The Bertz CT molecular complexity index is 625. The van der Waals surface area contributed by atoms with E-state index in [0.29, 0.717) is 18.9 Å². The molecule has 0 fully saturated rings. The van der Waals surface area contributed by atoms with Crippen LogP contribution in [0.1, 0.15) is 31.9 Å². The second-order valence-corrected chi connectivity index (χ2v) is 7.02. The van der Waals surface area contributed by atoms with Crippen LogP contribution in [0.5, 0.6) is 0 Å². The number of carbonyl (C=O) groups is 2. The quantitative estimate of drug-likeness (QED) is 0.132. The van der Waals surface area contributed by atoms with Crippen molar-refractivity contribution in [2.45, 2.75) is 33.4 Å². The first kappa shape index (κ1) is 25.3. The molecule has 1 aromatic carbocycles. The Morgan fingerprint density at radius 1 is 1.32 bits per heavy atom. The number of ether oxygens (including phenoxy) is 1. The Kier molecular flexibility index (Phi) is 11.4. The minimum atomic E-state index is -0.281. The van der Waals surface area contributed by atoms with Gasteiger partial charge in [0.25, 0.3) is 12.4 Å². The lowest BCUT2D eigenvalue weighted by Crippen LogP contribution is -2.53. The molecule has 1 aromatic rings. The van der Waals surface area contributed by atoms with Crippen molar-refractivity contribution in [3.05, 3.63) is 35.4 Å². The minimum absolute atomic E-state index is 0.0935. The third-order valence-corrected chi connectivity index (χ3v) is 3.53. The Hall–Kier alpha value is -2.69. The van der Waals surface area contributed by atoms with E-state index in [1.807, 2.05) is 45.0 Å². The van der Waals surface area contributed by atoms with Crippen LogP contribution in [0, 0.1) is 5.41 Å². The van der Waals surface area contributed by atoms with Crippen LogP contribution in [-0.2, 0) is 20.9 Å². The van der Waals surface area contributed by atoms with E-state index in [2.05, 4.69) is 26.0 Å². The maximum atomic E-state index is 12.2. The molecular formula is C18H33N7O3. The summed E-state index contributed by atoms with van der Waals surface area (Å²) in [6.07, 6.45) is 0. The molecule has 1 unspecified atom stereocenters. The number of benzene rings is 1. The molecule has 1 atom stereocenters. The van der Waals surface area contributed by atoms with Crippen LogP contribution in [0.4, 0.5) is 0 Å². The number of carbonyl (C=O) groups excluding carboxylic acids is 2. The predicted molar refractivity (Wildman–Crippen MR) is 109 cm³/mol. The summed E-state index contributed by atoms with van der Waals surface area (Å²) in [6, 6.07) is 7.25. The van der Waals surface area contributed by atoms with E-state index in [1.54, 1.807) is 14.1 Å². The molecule has 10 heteroatoms. The normalized spacial score (nSPS) is 12.3. The van der Waals surface area contributed by atoms with E-state index >= 15 is 0 Å². The largest absolute Gasteiger partial charge is 0.471 e. The summed E-state index contributed by atoms with van der Waals surface area (Å²) in [4.78, 5) is 21.1. The summed E-state index contributed by atoms with van der Waals surface area (Å²) in [5, 5.41) is 8.13. The van der Waals surface area contributed by atoms with Gasteiger partial charge in [0.2, 0.25) is 0 Å². The predicted octanol–water partition coefficient (Wildman–Crippen LogP) is -0.343. The Balaban J connectivity index is 0.00000165. The zero-order chi connectivity index (χ0) is 21.7. The summed E-state index contributed by atoms with van der Waals surface area (Å²) in [5.41, 5.74) is 13.1. The number of likely N-dealkylation sites (N-methyl/N-ethyl adjacent to an activating group) is 1. The van der Waals surface area contributed by atoms with Gasteiger partial charge in [-0.05, 0) is 18.0 Å². The third-order valence-electron chi connectivity index (χ3n) is 3.53. The molecule has 0 saturated heterocycles. The van der Waals surface area contributed by atoms with Gasteiger partial charge in [-0.25, -0.2) is 16.4 Å². The first-order valence-electron chi connectivity index (χ1n) is 8.65. The topological polar surface area (TPSA) is 147 Å². The summed E-state index contributed by atoms with van der Waals surface area (Å²) in [5.74, 6) is 5.68. The van der Waals surface area contributed by atoms with Gasteiger partial charge < -0.3 is 15.8 Å². The molecule has 1 amide bonds. The molecule has 10 nitrogen and oxygen atoms in total. The zero-order valence-corrected chi connectivity index (χ0v) is 17.4. The van der Waals surface area contributed by atoms with Crippen molar-refractivity contribution in [2.24, 2.45) is 22.1 Å². The fourth-order valence-corrected chi connectivity index (χ4v) is 2.28. The van der Waals surface area contributed by atoms with Gasteiger partial charge in [0, 0.05) is 19.2 Å². The second-order valence-electron chi connectivity index (χ2n) is 7.02. The van der Waals surface area contributed by atoms with E-state index in [-0.39, 0.29) is 17.4 Å². The molecule has 0 bridgehead atoms. The lowest BCUT2D eigenvalue weighted by atomic mass is 9.86. The number of amides is 1. The second kappa shape index (κ2) is 12.7. The van der Waals surface area contributed by atoms with Crippen LogP contribution >= 0.6 is 0 Å². The van der Waals surface area contributed by atoms with Crippen molar-refractivity contribution in [2.75, 3.05) is 21.2 Å². The molecule has 7 N–H and O–H groups in total. The number of nitrogens with one attached hydrogen (secondary N) is 3. The molecule has 158 valence electrons. The molecule has 28 heavy (non-hydrogen) atoms. The van der Waals surface area contributed by atoms with Gasteiger partial charge in [0.1, 0.15) is 0 Å². The monoisotopic (exact) mass is 395 g/mol. The van der Waals surface area contributed by atoms with Gasteiger partial charge in [-0.2, -0.15) is 0 Å². The average molecular weight is 396 g/mol. The third kappa shape index (κ3) is 9.86. The smallest absolute Gasteiger partial charge is 0.292 e. The maximum Gasteiger partial charge on any atom is 0.292 e. The van der Waals surface area contributed by atoms with Crippen molar-refractivity contribution in [3.8, 4) is 0 Å². The zero-order valence-electron chi connectivity index (χ0n) is 17.4. The van der Waals surface area contributed by atoms with Crippen LogP contribution < -0.4 is 27.7 Å². The number of nitrogens with two attached hydrogens (primary N) is 2. The Labute approximate surface area is 166 Å². The highest BCUT2D eigenvalue weighted by Gasteiger charge is 2.29. The van der Waals surface area contributed by atoms with Crippen LogP contribution in [-0.4, -0.2) is 50.6 Å². The number of hydrogen-bond donors (Lipinski definition) is 5. The fraction of sp³-hybridized carbons (Fsp3) is 0.500. The van der Waals surface area contributed by atoms with E-state index < -0.39 is 0 Å². The molecule has 0 aliphatic carbocycles. The summed E-state index contributed by atoms with van der Waals surface area (Å²) in [7, 11) is 4.69. The number of amidine groups is 1. The first-order valence-corrected chi connectivity index (χ1v) is 8.65. The van der Waals surface area contributed by atoms with Crippen molar-refractivity contribution in [1.82, 2.24) is 21.3 Å². The van der Waals surface area contributed by atoms with Crippen molar-refractivity contribution in [3.63, 3.8) is 0 Å². The van der Waals surface area contributed by atoms with Gasteiger partial charge in [-0.15, -0.1) is 5.10 Å². The van der Waals surface area contributed by atoms with Gasteiger partial charge in [0.15, 0.2) is 5.84 Å². The molecule has 0 aromatic heterocycles. The van der Waals surface area contributed by atoms with Crippen molar-refractivity contribution < 1.29 is 14.3 Å². The van der Waals surface area contributed by atoms with Gasteiger partial charge in [0.05, 0.1) is 13.2 Å². The molecule has 0 saturated carbocycles. The van der Waals surface area contributed by atoms with E-state index in [9.17, 15) is 4.79 Å². The highest BCUT2D eigenvalue weighted by Crippen LogP contribution is 2.18. The molecule has 0 aliphatic heterocycles. The fourth-order valence-electron chi connectivity index (χ4n) is 2.28. The van der Waals surface area contributed by atoms with Gasteiger partial charge >= 0.3 is 0 Å². The van der Waals surface area contributed by atoms with Gasteiger partial charge in [-0.3, -0.25) is 15.0 Å². The number of rotatable bonds is 8. The lowest BCUT2D eigenvalue weighted by Gasteiger charge is -2.29.